The van der Waals surface area contributed by atoms with Gasteiger partial charge >= 0.3 is 0 Å². The quantitative estimate of drug-likeness (QED) is 0.903. The Morgan fingerprint density at radius 1 is 1.27 bits per heavy atom. The van der Waals surface area contributed by atoms with Crippen LogP contribution in [0, 0.1) is 5.41 Å². The van der Waals surface area contributed by atoms with Crippen molar-refractivity contribution in [2.75, 3.05) is 45.5 Å². The van der Waals surface area contributed by atoms with Crippen LogP contribution in [0.5, 0.6) is 0 Å². The Hall–Kier alpha value is -1.70. The second-order valence-electron chi connectivity index (χ2n) is 8.52. The Morgan fingerprint density at radius 3 is 3.00 bits per heavy atom. The number of likely N-dealkylation sites (tertiary alicyclic amines) is 2. The SMILES string of the molecule is CN1CC2(CCCN(CC3CCC(n4ccc5c(N)ncnc54)O3)C2)C1. The van der Waals surface area contributed by atoms with Crippen LogP contribution in [-0.2, 0) is 4.74 Å². The minimum atomic E-state index is 0.0559. The Bertz CT molecular complexity index is 793. The van der Waals surface area contributed by atoms with E-state index in [2.05, 4.69) is 31.4 Å². The summed E-state index contributed by atoms with van der Waals surface area (Å²) in [6.07, 6.45) is 8.77. The van der Waals surface area contributed by atoms with Crippen molar-refractivity contribution in [2.45, 2.75) is 38.0 Å². The smallest absolute Gasteiger partial charge is 0.147 e. The summed E-state index contributed by atoms with van der Waals surface area (Å²) in [5.74, 6) is 0.535. The third-order valence-electron chi connectivity index (χ3n) is 6.35. The molecule has 5 heterocycles. The number of ether oxygens (including phenoxy) is 1. The first kappa shape index (κ1) is 16.5. The molecule has 3 saturated heterocycles. The third kappa shape index (κ3) is 2.78. The number of fused-ring (bicyclic) bond motifs is 1. The van der Waals surface area contributed by atoms with Crippen LogP contribution in [-0.4, -0.2) is 70.2 Å². The summed E-state index contributed by atoms with van der Waals surface area (Å²) in [6.45, 7) is 6.02. The van der Waals surface area contributed by atoms with E-state index in [1.54, 1.807) is 0 Å². The Kier molecular flexibility index (Phi) is 3.92. The molecule has 26 heavy (non-hydrogen) atoms. The van der Waals surface area contributed by atoms with Crippen LogP contribution in [0.2, 0.25) is 0 Å². The molecule has 0 aliphatic carbocycles. The number of aromatic nitrogens is 3. The minimum absolute atomic E-state index is 0.0559. The lowest BCUT2D eigenvalue weighted by atomic mass is 9.73. The summed E-state index contributed by atoms with van der Waals surface area (Å²) < 4.78 is 8.52. The summed E-state index contributed by atoms with van der Waals surface area (Å²) >= 11 is 0. The van der Waals surface area contributed by atoms with Crippen LogP contribution in [0.15, 0.2) is 18.6 Å². The fourth-order valence-corrected chi connectivity index (χ4v) is 5.36. The number of rotatable bonds is 3. The van der Waals surface area contributed by atoms with Crippen molar-refractivity contribution in [3.63, 3.8) is 0 Å². The fraction of sp³-hybridized carbons (Fsp3) is 0.684. The van der Waals surface area contributed by atoms with Crippen LogP contribution in [0.3, 0.4) is 0 Å². The number of piperidine rings is 1. The number of nitrogens with zero attached hydrogens (tertiary/aromatic N) is 5. The molecule has 3 aliphatic heterocycles. The van der Waals surface area contributed by atoms with Crippen molar-refractivity contribution in [3.05, 3.63) is 18.6 Å². The van der Waals surface area contributed by atoms with Gasteiger partial charge in [0.25, 0.3) is 0 Å². The number of nitrogens with two attached hydrogens (primary N) is 1. The summed E-state index contributed by atoms with van der Waals surface area (Å²) in [7, 11) is 2.23. The van der Waals surface area contributed by atoms with Gasteiger partial charge in [0.1, 0.15) is 24.0 Å². The van der Waals surface area contributed by atoms with E-state index in [1.165, 1.54) is 45.3 Å². The maximum absolute atomic E-state index is 6.41. The van der Waals surface area contributed by atoms with Crippen LogP contribution in [0.25, 0.3) is 11.0 Å². The highest BCUT2D eigenvalue weighted by molar-refractivity contribution is 5.86. The molecule has 2 atom stereocenters. The van der Waals surface area contributed by atoms with Gasteiger partial charge in [-0.05, 0) is 45.3 Å². The largest absolute Gasteiger partial charge is 0.383 e. The first-order valence-electron chi connectivity index (χ1n) is 9.75. The summed E-state index contributed by atoms with van der Waals surface area (Å²) in [6, 6.07) is 1.99. The normalized spacial score (nSPS) is 29.4. The molecule has 2 unspecified atom stereocenters. The molecule has 0 aromatic carbocycles. The standard InChI is InChI=1S/C19H28N6O/c1-23-10-19(11-23)6-2-7-24(12-19)9-14-3-4-16(26-14)25-8-5-15-17(20)21-13-22-18(15)25/h5,8,13-14,16H,2-4,6-7,9-12H2,1H3,(H2,20,21,22). The van der Waals surface area contributed by atoms with Crippen LogP contribution in [0.1, 0.15) is 31.9 Å². The molecule has 0 bridgehead atoms. The van der Waals surface area contributed by atoms with Crippen molar-refractivity contribution in [2.24, 2.45) is 5.41 Å². The van der Waals surface area contributed by atoms with Crippen molar-refractivity contribution < 1.29 is 4.74 Å². The summed E-state index contributed by atoms with van der Waals surface area (Å²) in [5.41, 5.74) is 7.38. The van der Waals surface area contributed by atoms with Crippen molar-refractivity contribution >= 4 is 16.9 Å². The molecule has 140 valence electrons. The van der Waals surface area contributed by atoms with Crippen LogP contribution >= 0.6 is 0 Å². The first-order valence-corrected chi connectivity index (χ1v) is 9.75. The summed E-state index contributed by atoms with van der Waals surface area (Å²) in [5, 5.41) is 0.909. The molecule has 2 aromatic heterocycles. The third-order valence-corrected chi connectivity index (χ3v) is 6.35. The van der Waals surface area contributed by atoms with Crippen molar-refractivity contribution in [3.8, 4) is 0 Å². The van der Waals surface area contributed by atoms with Gasteiger partial charge in [-0.2, -0.15) is 0 Å². The fourth-order valence-electron chi connectivity index (χ4n) is 5.36. The number of hydrogen-bond acceptors (Lipinski definition) is 6. The highest BCUT2D eigenvalue weighted by Gasteiger charge is 2.44. The second kappa shape index (κ2) is 6.18. The molecule has 7 nitrogen and oxygen atoms in total. The highest BCUT2D eigenvalue weighted by Crippen LogP contribution is 2.39. The van der Waals surface area contributed by atoms with E-state index >= 15 is 0 Å². The molecule has 1 spiro atoms. The van der Waals surface area contributed by atoms with Gasteiger partial charge in [-0.1, -0.05) is 0 Å². The molecule has 0 amide bonds. The topological polar surface area (TPSA) is 72.4 Å². The average Bonchev–Trinajstić information content (AvgIpc) is 3.21. The molecular formula is C19H28N6O. The van der Waals surface area contributed by atoms with Gasteiger partial charge in [-0.25, -0.2) is 9.97 Å². The van der Waals surface area contributed by atoms with E-state index in [9.17, 15) is 0 Å². The number of nitrogen functional groups attached to an aromatic ring is 1. The van der Waals surface area contributed by atoms with Gasteiger partial charge in [-0.15, -0.1) is 0 Å². The van der Waals surface area contributed by atoms with E-state index in [0.29, 0.717) is 17.3 Å². The molecule has 0 radical (unpaired) electrons. The number of hydrogen-bond donors (Lipinski definition) is 1. The lowest BCUT2D eigenvalue weighted by Gasteiger charge is -2.54. The molecule has 0 saturated carbocycles. The van der Waals surface area contributed by atoms with Gasteiger partial charge in [0, 0.05) is 37.8 Å². The Morgan fingerprint density at radius 2 is 2.15 bits per heavy atom. The maximum atomic E-state index is 6.41. The first-order chi connectivity index (χ1) is 12.6. The zero-order chi connectivity index (χ0) is 17.7. The molecule has 5 rings (SSSR count). The van der Waals surface area contributed by atoms with E-state index < -0.39 is 0 Å². The maximum Gasteiger partial charge on any atom is 0.147 e. The molecular weight excluding hydrogens is 328 g/mol. The lowest BCUT2D eigenvalue weighted by molar-refractivity contribution is -0.0626. The average molecular weight is 356 g/mol. The van der Waals surface area contributed by atoms with Gasteiger partial charge in [0.15, 0.2) is 0 Å². The van der Waals surface area contributed by atoms with Gasteiger partial charge in [-0.3, -0.25) is 0 Å². The van der Waals surface area contributed by atoms with Crippen molar-refractivity contribution in [1.82, 2.24) is 24.3 Å². The van der Waals surface area contributed by atoms with Gasteiger partial charge in [0.2, 0.25) is 0 Å². The van der Waals surface area contributed by atoms with E-state index in [4.69, 9.17) is 10.5 Å². The molecule has 7 heteroatoms. The van der Waals surface area contributed by atoms with E-state index in [1.807, 2.05) is 12.3 Å². The Labute approximate surface area is 154 Å². The van der Waals surface area contributed by atoms with Crippen LogP contribution < -0.4 is 5.73 Å². The molecule has 3 fully saturated rings. The van der Waals surface area contributed by atoms with E-state index in [0.717, 1.165) is 30.4 Å². The second-order valence-corrected chi connectivity index (χ2v) is 8.52. The number of anilines is 1. The van der Waals surface area contributed by atoms with Crippen molar-refractivity contribution in [1.29, 1.82) is 0 Å². The predicted octanol–water partition coefficient (Wildman–Crippen LogP) is 1.72. The molecule has 3 aliphatic rings. The molecule has 2 N–H and O–H groups in total. The van der Waals surface area contributed by atoms with E-state index in [-0.39, 0.29) is 6.23 Å². The Balaban J connectivity index is 1.24. The monoisotopic (exact) mass is 356 g/mol. The zero-order valence-corrected chi connectivity index (χ0v) is 15.5. The minimum Gasteiger partial charge on any atom is -0.383 e. The van der Waals surface area contributed by atoms with Crippen LogP contribution in [0.4, 0.5) is 5.82 Å². The van der Waals surface area contributed by atoms with Gasteiger partial charge in [0.05, 0.1) is 11.5 Å². The highest BCUT2D eigenvalue weighted by atomic mass is 16.5. The zero-order valence-electron chi connectivity index (χ0n) is 15.5. The molecule has 2 aromatic rings. The summed E-state index contributed by atoms with van der Waals surface area (Å²) in [4.78, 5) is 13.6. The predicted molar refractivity (Wildman–Crippen MR) is 101 cm³/mol. The lowest BCUT2D eigenvalue weighted by Crippen LogP contribution is -2.61. The van der Waals surface area contributed by atoms with Gasteiger partial charge < -0.3 is 24.8 Å².